The predicted octanol–water partition coefficient (Wildman–Crippen LogP) is 2.54. The smallest absolute Gasteiger partial charge is 0.0897 e. The third-order valence-corrected chi connectivity index (χ3v) is 1.75. The van der Waals surface area contributed by atoms with E-state index in [9.17, 15) is 0 Å². The van der Waals surface area contributed by atoms with E-state index in [0.717, 1.165) is 10.7 Å². The van der Waals surface area contributed by atoms with Gasteiger partial charge in [0.25, 0.3) is 0 Å². The Bertz CT molecular complexity index is 234. The lowest BCUT2D eigenvalue weighted by molar-refractivity contribution is 1.12. The normalized spacial score (nSPS) is 7.82. The zero-order chi connectivity index (χ0) is 8.69. The number of thiazole rings is 1. The summed E-state index contributed by atoms with van der Waals surface area (Å²) >= 11 is 1.58. The van der Waals surface area contributed by atoms with Gasteiger partial charge in [0, 0.05) is 5.38 Å². The van der Waals surface area contributed by atoms with Crippen molar-refractivity contribution >= 4 is 11.3 Å². The highest BCUT2D eigenvalue weighted by atomic mass is 32.1. The summed E-state index contributed by atoms with van der Waals surface area (Å²) in [5.41, 5.74) is 0.889. The van der Waals surface area contributed by atoms with E-state index < -0.39 is 0 Å². The summed E-state index contributed by atoms with van der Waals surface area (Å²) in [6.45, 7) is 5.94. The third-order valence-electron chi connectivity index (χ3n) is 0.927. The standard InChI is InChI=1S/C6H6N2S.C2H6/c1-5-8-6(2-3-7)4-9-5;1-2/h4H,2H2,1H3;1-2H3. The fourth-order valence-electron chi connectivity index (χ4n) is 0.570. The van der Waals surface area contributed by atoms with Crippen LogP contribution in [0.25, 0.3) is 0 Å². The van der Waals surface area contributed by atoms with Gasteiger partial charge in [0.1, 0.15) is 0 Å². The van der Waals surface area contributed by atoms with Gasteiger partial charge < -0.3 is 0 Å². The van der Waals surface area contributed by atoms with Crippen LogP contribution in [0.3, 0.4) is 0 Å². The van der Waals surface area contributed by atoms with Gasteiger partial charge in [-0.3, -0.25) is 0 Å². The summed E-state index contributed by atoms with van der Waals surface area (Å²) in [5.74, 6) is 0. The monoisotopic (exact) mass is 168 g/mol. The van der Waals surface area contributed by atoms with Crippen molar-refractivity contribution < 1.29 is 0 Å². The molecule has 0 aliphatic rings. The van der Waals surface area contributed by atoms with Crippen molar-refractivity contribution in [3.8, 4) is 6.07 Å². The lowest BCUT2D eigenvalue weighted by atomic mass is 10.4. The van der Waals surface area contributed by atoms with Gasteiger partial charge in [-0.15, -0.1) is 11.3 Å². The summed E-state index contributed by atoms with van der Waals surface area (Å²) in [7, 11) is 0. The van der Waals surface area contributed by atoms with Crippen LogP contribution >= 0.6 is 11.3 Å². The number of hydrogen-bond acceptors (Lipinski definition) is 3. The minimum absolute atomic E-state index is 0.435. The Morgan fingerprint density at radius 1 is 1.64 bits per heavy atom. The van der Waals surface area contributed by atoms with Gasteiger partial charge in [0.2, 0.25) is 0 Å². The van der Waals surface area contributed by atoms with Gasteiger partial charge >= 0.3 is 0 Å². The molecule has 0 N–H and O–H groups in total. The van der Waals surface area contributed by atoms with Crippen molar-refractivity contribution in [2.24, 2.45) is 0 Å². The molecule has 0 unspecified atom stereocenters. The molecule has 0 aromatic carbocycles. The average molecular weight is 168 g/mol. The Hall–Kier alpha value is -0.880. The van der Waals surface area contributed by atoms with Crippen LogP contribution < -0.4 is 0 Å². The number of hydrogen-bond donors (Lipinski definition) is 0. The molecule has 3 heteroatoms. The molecule has 0 saturated carbocycles. The number of aryl methyl sites for hydroxylation is 1. The highest BCUT2D eigenvalue weighted by Crippen LogP contribution is 2.07. The molecule has 0 amide bonds. The van der Waals surface area contributed by atoms with E-state index in [4.69, 9.17) is 5.26 Å². The van der Waals surface area contributed by atoms with E-state index in [1.54, 1.807) is 11.3 Å². The molecule has 1 rings (SSSR count). The predicted molar refractivity (Wildman–Crippen MR) is 47.5 cm³/mol. The van der Waals surface area contributed by atoms with Gasteiger partial charge in [-0.25, -0.2) is 4.98 Å². The van der Waals surface area contributed by atoms with Gasteiger partial charge in [-0.1, -0.05) is 13.8 Å². The molecule has 60 valence electrons. The Balaban J connectivity index is 0.000000461. The highest BCUT2D eigenvalue weighted by molar-refractivity contribution is 7.09. The molecule has 0 aliphatic heterocycles. The van der Waals surface area contributed by atoms with Crippen molar-refractivity contribution in [2.75, 3.05) is 0 Å². The second-order valence-electron chi connectivity index (χ2n) is 1.69. The number of rotatable bonds is 1. The van der Waals surface area contributed by atoms with Crippen molar-refractivity contribution in [3.05, 3.63) is 16.1 Å². The van der Waals surface area contributed by atoms with Crippen LogP contribution in [0.2, 0.25) is 0 Å². The molecule has 0 radical (unpaired) electrons. The first-order valence-electron chi connectivity index (χ1n) is 3.61. The number of aromatic nitrogens is 1. The molecular weight excluding hydrogens is 156 g/mol. The molecule has 0 spiro atoms. The molecule has 1 heterocycles. The van der Waals surface area contributed by atoms with E-state index >= 15 is 0 Å². The molecule has 1 aromatic rings. The van der Waals surface area contributed by atoms with Gasteiger partial charge in [-0.05, 0) is 6.92 Å². The molecule has 0 fully saturated rings. The average Bonchev–Trinajstić information content (AvgIpc) is 2.41. The molecule has 0 bridgehead atoms. The summed E-state index contributed by atoms with van der Waals surface area (Å²) in [4.78, 5) is 4.10. The van der Waals surface area contributed by atoms with Gasteiger partial charge in [-0.2, -0.15) is 5.26 Å². The van der Waals surface area contributed by atoms with E-state index in [1.165, 1.54) is 0 Å². The van der Waals surface area contributed by atoms with Gasteiger partial charge in [0.05, 0.1) is 23.2 Å². The molecular formula is C8H12N2S. The SMILES string of the molecule is CC.Cc1nc(CC#N)cs1. The van der Waals surface area contributed by atoms with Crippen LogP contribution in [0.15, 0.2) is 5.38 Å². The van der Waals surface area contributed by atoms with Gasteiger partial charge in [0.15, 0.2) is 0 Å². The number of nitrogens with zero attached hydrogens (tertiary/aromatic N) is 2. The van der Waals surface area contributed by atoms with Crippen LogP contribution in [0.4, 0.5) is 0 Å². The van der Waals surface area contributed by atoms with Crippen LogP contribution in [0, 0.1) is 18.3 Å². The Morgan fingerprint density at radius 2 is 2.27 bits per heavy atom. The second kappa shape index (κ2) is 5.87. The summed E-state index contributed by atoms with van der Waals surface area (Å²) in [5, 5.41) is 11.2. The maximum Gasteiger partial charge on any atom is 0.0897 e. The van der Waals surface area contributed by atoms with Crippen molar-refractivity contribution in [3.63, 3.8) is 0 Å². The maximum absolute atomic E-state index is 8.24. The molecule has 0 saturated heterocycles. The lowest BCUT2D eigenvalue weighted by Crippen LogP contribution is -1.79. The van der Waals surface area contributed by atoms with E-state index in [0.29, 0.717) is 6.42 Å². The Morgan fingerprint density at radius 3 is 2.64 bits per heavy atom. The maximum atomic E-state index is 8.24. The second-order valence-corrected chi connectivity index (χ2v) is 2.75. The first-order valence-corrected chi connectivity index (χ1v) is 4.49. The zero-order valence-corrected chi connectivity index (χ0v) is 7.90. The molecule has 0 atom stereocenters. The number of nitriles is 1. The fourth-order valence-corrected chi connectivity index (χ4v) is 1.18. The first-order chi connectivity index (χ1) is 5.33. The van der Waals surface area contributed by atoms with Crippen LogP contribution in [0.5, 0.6) is 0 Å². The fraction of sp³-hybridized carbons (Fsp3) is 0.500. The zero-order valence-electron chi connectivity index (χ0n) is 7.09. The minimum Gasteiger partial charge on any atom is -0.246 e. The minimum atomic E-state index is 0.435. The Labute approximate surface area is 71.5 Å². The van der Waals surface area contributed by atoms with Crippen molar-refractivity contribution in [1.29, 1.82) is 5.26 Å². The van der Waals surface area contributed by atoms with Crippen molar-refractivity contribution in [1.82, 2.24) is 4.98 Å². The largest absolute Gasteiger partial charge is 0.246 e. The molecule has 2 nitrogen and oxygen atoms in total. The molecule has 1 aromatic heterocycles. The molecule has 0 aliphatic carbocycles. The summed E-state index contributed by atoms with van der Waals surface area (Å²) < 4.78 is 0. The van der Waals surface area contributed by atoms with Crippen molar-refractivity contribution in [2.45, 2.75) is 27.2 Å². The lowest BCUT2D eigenvalue weighted by Gasteiger charge is -1.77. The summed E-state index contributed by atoms with van der Waals surface area (Å²) in [6, 6.07) is 2.04. The van der Waals surface area contributed by atoms with Crippen LogP contribution in [0.1, 0.15) is 24.5 Å². The summed E-state index contributed by atoms with van der Waals surface area (Å²) in [6.07, 6.45) is 0.435. The molecule has 11 heavy (non-hydrogen) atoms. The van der Waals surface area contributed by atoms with E-state index in [-0.39, 0.29) is 0 Å². The van der Waals surface area contributed by atoms with E-state index in [2.05, 4.69) is 4.98 Å². The van der Waals surface area contributed by atoms with E-state index in [1.807, 2.05) is 32.2 Å². The topological polar surface area (TPSA) is 36.7 Å². The highest BCUT2D eigenvalue weighted by Gasteiger charge is 1.94. The first kappa shape index (κ1) is 10.1. The quantitative estimate of drug-likeness (QED) is 0.646. The van der Waals surface area contributed by atoms with Crippen LogP contribution in [-0.4, -0.2) is 4.98 Å². The Kier molecular flexibility index (Phi) is 5.40. The van der Waals surface area contributed by atoms with Crippen LogP contribution in [-0.2, 0) is 6.42 Å². The third kappa shape index (κ3) is 3.74.